The van der Waals surface area contributed by atoms with E-state index in [9.17, 15) is 9.59 Å². The number of nitrogens with zero attached hydrogens (tertiary/aromatic N) is 4. The summed E-state index contributed by atoms with van der Waals surface area (Å²) < 4.78 is 5.26. The minimum absolute atomic E-state index is 0. The highest BCUT2D eigenvalue weighted by atomic mass is 35.5. The van der Waals surface area contributed by atoms with Gasteiger partial charge in [-0.25, -0.2) is 0 Å². The third-order valence-corrected chi connectivity index (χ3v) is 4.46. The fraction of sp³-hybridized carbons (Fsp3) is 0.375. The van der Waals surface area contributed by atoms with Crippen molar-refractivity contribution in [1.29, 1.82) is 0 Å². The second-order valence-electron chi connectivity index (χ2n) is 5.99. The number of benzene rings is 1. The molecule has 1 aromatic carbocycles. The molecule has 4 rings (SSSR count). The Labute approximate surface area is 150 Å². The van der Waals surface area contributed by atoms with Gasteiger partial charge in [0.25, 0.3) is 11.8 Å². The molecule has 0 aliphatic carbocycles. The van der Waals surface area contributed by atoms with Gasteiger partial charge in [-0.3, -0.25) is 19.4 Å². The topological polar surface area (TPSA) is 91.6 Å². The second kappa shape index (κ2) is 6.91. The maximum Gasteiger partial charge on any atom is 0.262 e. The molecule has 132 valence electrons. The maximum absolute atomic E-state index is 12.4. The number of hydrogen-bond donors (Lipinski definition) is 1. The molecule has 0 bridgehead atoms. The SMILES string of the molecule is CN1CCNCC1c1noc(CN2C(=O)c3ccccc3C2=O)n1.Cl. The van der Waals surface area contributed by atoms with E-state index in [1.165, 1.54) is 0 Å². The van der Waals surface area contributed by atoms with Crippen LogP contribution in [-0.2, 0) is 6.54 Å². The van der Waals surface area contributed by atoms with E-state index in [1.807, 2.05) is 7.05 Å². The van der Waals surface area contributed by atoms with Crippen molar-refractivity contribution in [3.05, 3.63) is 47.1 Å². The van der Waals surface area contributed by atoms with Crippen LogP contribution in [0.3, 0.4) is 0 Å². The van der Waals surface area contributed by atoms with E-state index in [2.05, 4.69) is 20.4 Å². The first-order valence-corrected chi connectivity index (χ1v) is 7.84. The summed E-state index contributed by atoms with van der Waals surface area (Å²) in [7, 11) is 2.01. The molecule has 1 aromatic heterocycles. The normalized spacial score (nSPS) is 20.5. The molecule has 1 atom stereocenters. The summed E-state index contributed by atoms with van der Waals surface area (Å²) >= 11 is 0. The van der Waals surface area contributed by atoms with Gasteiger partial charge in [0.05, 0.1) is 17.2 Å². The van der Waals surface area contributed by atoms with Crippen molar-refractivity contribution in [3.63, 3.8) is 0 Å². The van der Waals surface area contributed by atoms with E-state index in [0.29, 0.717) is 17.0 Å². The van der Waals surface area contributed by atoms with Crippen molar-refractivity contribution in [3.8, 4) is 0 Å². The fourth-order valence-electron chi connectivity index (χ4n) is 3.08. The number of halogens is 1. The number of likely N-dealkylation sites (N-methyl/N-ethyl adjacent to an activating group) is 1. The summed E-state index contributed by atoms with van der Waals surface area (Å²) in [5, 5.41) is 7.30. The van der Waals surface area contributed by atoms with E-state index >= 15 is 0 Å². The van der Waals surface area contributed by atoms with Crippen LogP contribution in [0.1, 0.15) is 38.5 Å². The molecule has 8 nitrogen and oxygen atoms in total. The van der Waals surface area contributed by atoms with Crippen molar-refractivity contribution < 1.29 is 14.1 Å². The molecule has 0 radical (unpaired) electrons. The van der Waals surface area contributed by atoms with Crippen molar-refractivity contribution in [2.75, 3.05) is 26.7 Å². The van der Waals surface area contributed by atoms with Gasteiger partial charge in [0.2, 0.25) is 5.89 Å². The zero-order valence-electron chi connectivity index (χ0n) is 13.6. The highest BCUT2D eigenvalue weighted by Crippen LogP contribution is 2.24. The lowest BCUT2D eigenvalue weighted by Crippen LogP contribution is -2.44. The molecule has 2 amide bonds. The Morgan fingerprint density at radius 2 is 1.92 bits per heavy atom. The van der Waals surface area contributed by atoms with Crippen LogP contribution in [0.4, 0.5) is 0 Å². The zero-order chi connectivity index (χ0) is 16.7. The predicted molar refractivity (Wildman–Crippen MR) is 90.4 cm³/mol. The van der Waals surface area contributed by atoms with Gasteiger partial charge in [-0.2, -0.15) is 4.98 Å². The van der Waals surface area contributed by atoms with Gasteiger partial charge >= 0.3 is 0 Å². The van der Waals surface area contributed by atoms with Crippen LogP contribution in [-0.4, -0.2) is 58.4 Å². The highest BCUT2D eigenvalue weighted by Gasteiger charge is 2.36. The van der Waals surface area contributed by atoms with Crippen LogP contribution in [0, 0.1) is 0 Å². The lowest BCUT2D eigenvalue weighted by molar-refractivity contribution is 0.0625. The smallest absolute Gasteiger partial charge is 0.262 e. The number of fused-ring (bicyclic) bond motifs is 1. The van der Waals surface area contributed by atoms with E-state index in [1.54, 1.807) is 24.3 Å². The average Bonchev–Trinajstić information content (AvgIpc) is 3.15. The minimum Gasteiger partial charge on any atom is -0.337 e. The van der Waals surface area contributed by atoms with Crippen LogP contribution in [0.25, 0.3) is 0 Å². The number of imide groups is 1. The van der Waals surface area contributed by atoms with E-state index in [-0.39, 0.29) is 42.7 Å². The fourth-order valence-corrected chi connectivity index (χ4v) is 3.08. The monoisotopic (exact) mass is 363 g/mol. The number of carbonyl (C=O) groups is 2. The Morgan fingerprint density at radius 1 is 1.24 bits per heavy atom. The number of rotatable bonds is 3. The Kier molecular flexibility index (Phi) is 4.85. The van der Waals surface area contributed by atoms with Crippen molar-refractivity contribution in [2.45, 2.75) is 12.6 Å². The molecule has 3 heterocycles. The van der Waals surface area contributed by atoms with Crippen LogP contribution in [0.5, 0.6) is 0 Å². The van der Waals surface area contributed by atoms with Gasteiger partial charge < -0.3 is 9.84 Å². The summed E-state index contributed by atoms with van der Waals surface area (Å²) in [6, 6.07) is 6.81. The van der Waals surface area contributed by atoms with Gasteiger partial charge in [-0.05, 0) is 19.2 Å². The number of aromatic nitrogens is 2. The van der Waals surface area contributed by atoms with Crippen LogP contribution < -0.4 is 5.32 Å². The van der Waals surface area contributed by atoms with Crippen LogP contribution in [0.2, 0.25) is 0 Å². The second-order valence-corrected chi connectivity index (χ2v) is 5.99. The summed E-state index contributed by atoms with van der Waals surface area (Å²) in [6.45, 7) is 2.55. The highest BCUT2D eigenvalue weighted by molar-refractivity contribution is 6.21. The molecule has 2 aromatic rings. The van der Waals surface area contributed by atoms with Crippen LogP contribution >= 0.6 is 12.4 Å². The lowest BCUT2D eigenvalue weighted by atomic mass is 10.1. The standard InChI is InChI=1S/C16H17N5O3.ClH/c1-20-7-6-17-8-12(20)14-18-13(24-19-14)9-21-15(22)10-4-2-3-5-11(10)16(21)23;/h2-5,12,17H,6-9H2,1H3;1H. The Hall–Kier alpha value is -2.29. The number of amides is 2. The van der Waals surface area contributed by atoms with Crippen molar-refractivity contribution in [2.24, 2.45) is 0 Å². The minimum atomic E-state index is -0.327. The van der Waals surface area contributed by atoms with E-state index < -0.39 is 0 Å². The van der Waals surface area contributed by atoms with Gasteiger partial charge in [0.15, 0.2) is 5.82 Å². The van der Waals surface area contributed by atoms with Gasteiger partial charge in [-0.15, -0.1) is 12.4 Å². The third-order valence-electron chi connectivity index (χ3n) is 4.46. The molecular weight excluding hydrogens is 346 g/mol. The number of piperazine rings is 1. The summed E-state index contributed by atoms with van der Waals surface area (Å²) in [5.74, 6) is 0.174. The first kappa shape index (κ1) is 17.5. The Bertz CT molecular complexity index is 774. The maximum atomic E-state index is 12.4. The predicted octanol–water partition coefficient (Wildman–Crippen LogP) is 0.864. The molecule has 25 heavy (non-hydrogen) atoms. The largest absolute Gasteiger partial charge is 0.337 e. The lowest BCUT2D eigenvalue weighted by Gasteiger charge is -2.30. The molecule has 0 saturated carbocycles. The zero-order valence-corrected chi connectivity index (χ0v) is 14.5. The molecule has 1 unspecified atom stereocenters. The molecule has 9 heteroatoms. The summed E-state index contributed by atoms with van der Waals surface area (Å²) in [5.41, 5.74) is 0.830. The van der Waals surface area contributed by atoms with Gasteiger partial charge in [0.1, 0.15) is 6.54 Å². The molecule has 2 aliphatic heterocycles. The molecule has 0 spiro atoms. The quantitative estimate of drug-likeness (QED) is 0.809. The molecule has 1 N–H and O–H groups in total. The van der Waals surface area contributed by atoms with E-state index in [4.69, 9.17) is 4.52 Å². The number of nitrogens with one attached hydrogen (secondary N) is 1. The van der Waals surface area contributed by atoms with Gasteiger partial charge in [-0.1, -0.05) is 17.3 Å². The number of carbonyl (C=O) groups excluding carboxylic acids is 2. The number of hydrogen-bond acceptors (Lipinski definition) is 7. The van der Waals surface area contributed by atoms with Crippen molar-refractivity contribution in [1.82, 2.24) is 25.3 Å². The van der Waals surface area contributed by atoms with Crippen molar-refractivity contribution >= 4 is 24.2 Å². The summed E-state index contributed by atoms with van der Waals surface area (Å²) in [6.07, 6.45) is 0. The third kappa shape index (κ3) is 3.04. The first-order chi connectivity index (χ1) is 11.6. The van der Waals surface area contributed by atoms with E-state index in [0.717, 1.165) is 24.5 Å². The summed E-state index contributed by atoms with van der Waals surface area (Å²) in [4.78, 5) is 32.4. The van der Waals surface area contributed by atoms with Crippen LogP contribution in [0.15, 0.2) is 28.8 Å². The molecule has 1 fully saturated rings. The first-order valence-electron chi connectivity index (χ1n) is 7.84. The Balaban J connectivity index is 0.00000182. The Morgan fingerprint density at radius 3 is 2.56 bits per heavy atom. The molecule has 1 saturated heterocycles. The molecule has 2 aliphatic rings. The van der Waals surface area contributed by atoms with Gasteiger partial charge in [0, 0.05) is 19.6 Å². The average molecular weight is 364 g/mol. The molecular formula is C16H18ClN5O3.